The van der Waals surface area contributed by atoms with Crippen molar-refractivity contribution in [3.63, 3.8) is 0 Å². The molecule has 0 spiro atoms. The molecule has 0 fully saturated rings. The van der Waals surface area contributed by atoms with Gasteiger partial charge in [-0.05, 0) is 85.3 Å². The van der Waals surface area contributed by atoms with Gasteiger partial charge in [-0.15, -0.1) is 0 Å². The molecule has 0 amide bonds. The van der Waals surface area contributed by atoms with E-state index in [1.807, 2.05) is 10.6 Å². The fourth-order valence-corrected chi connectivity index (χ4v) is 8.39. The van der Waals surface area contributed by atoms with Crippen molar-refractivity contribution in [2.24, 2.45) is 0 Å². The van der Waals surface area contributed by atoms with E-state index in [2.05, 4.69) is 149 Å². The third-order valence-electron chi connectivity index (χ3n) is 10.6. The van der Waals surface area contributed by atoms with Gasteiger partial charge in [-0.3, -0.25) is 9.36 Å². The fourth-order valence-electron chi connectivity index (χ4n) is 8.39. The topological polar surface area (TPSA) is 22.0 Å². The molecule has 9 rings (SSSR count). The summed E-state index contributed by atoms with van der Waals surface area (Å²) >= 11 is 0. The quantitative estimate of drug-likeness (QED) is 0.187. The molecule has 216 valence electrons. The maximum absolute atomic E-state index is 14.8. The molecule has 2 heteroatoms. The first-order chi connectivity index (χ1) is 21.8. The second-order valence-electron chi connectivity index (χ2n) is 13.7. The van der Waals surface area contributed by atoms with Gasteiger partial charge in [0.25, 0.3) is 5.56 Å². The average Bonchev–Trinajstić information content (AvgIpc) is 3.44. The van der Waals surface area contributed by atoms with Gasteiger partial charge < -0.3 is 0 Å². The zero-order chi connectivity index (χ0) is 30.7. The highest BCUT2D eigenvalue weighted by Crippen LogP contribution is 2.53. The second kappa shape index (κ2) is 8.92. The van der Waals surface area contributed by atoms with Crippen LogP contribution in [-0.2, 0) is 10.8 Å². The van der Waals surface area contributed by atoms with Crippen LogP contribution in [0.5, 0.6) is 0 Å². The number of hydrogen-bond donors (Lipinski definition) is 0. The Bertz CT molecular complexity index is 2440. The summed E-state index contributed by atoms with van der Waals surface area (Å²) in [5, 5.41) is 2.91. The Balaban J connectivity index is 1.40. The molecule has 2 nitrogen and oxygen atoms in total. The lowest BCUT2D eigenvalue weighted by molar-refractivity contribution is 0.659. The van der Waals surface area contributed by atoms with Crippen molar-refractivity contribution in [3.05, 3.63) is 160 Å². The Morgan fingerprint density at radius 2 is 1.11 bits per heavy atom. The molecule has 7 aromatic rings. The largest absolute Gasteiger partial charge is 0.276 e. The lowest BCUT2D eigenvalue weighted by atomic mass is 9.79. The molecule has 1 heterocycles. The zero-order valence-electron chi connectivity index (χ0n) is 26.0. The van der Waals surface area contributed by atoms with Gasteiger partial charge in [0.05, 0.1) is 5.52 Å². The first kappa shape index (κ1) is 26.2. The number of nitrogens with zero attached hydrogens (tertiary/aromatic N) is 1. The molecule has 0 unspecified atom stereocenters. The van der Waals surface area contributed by atoms with Crippen LogP contribution in [0.25, 0.3) is 60.7 Å². The molecule has 0 radical (unpaired) electrons. The summed E-state index contributed by atoms with van der Waals surface area (Å²) in [5.41, 5.74) is 13.9. The van der Waals surface area contributed by atoms with E-state index in [9.17, 15) is 4.79 Å². The van der Waals surface area contributed by atoms with E-state index in [1.165, 1.54) is 44.5 Å². The van der Waals surface area contributed by atoms with Crippen LogP contribution < -0.4 is 5.56 Å². The highest BCUT2D eigenvalue weighted by atomic mass is 16.1. The Kier molecular flexibility index (Phi) is 5.20. The van der Waals surface area contributed by atoms with Crippen LogP contribution >= 0.6 is 0 Å². The van der Waals surface area contributed by atoms with Crippen LogP contribution in [0.1, 0.15) is 49.9 Å². The Morgan fingerprint density at radius 1 is 0.489 bits per heavy atom. The van der Waals surface area contributed by atoms with Gasteiger partial charge in [-0.1, -0.05) is 131 Å². The van der Waals surface area contributed by atoms with Gasteiger partial charge in [0, 0.05) is 27.3 Å². The minimum Gasteiger partial charge on any atom is -0.276 e. The van der Waals surface area contributed by atoms with Gasteiger partial charge in [0.15, 0.2) is 0 Å². The van der Waals surface area contributed by atoms with Gasteiger partial charge in [-0.25, -0.2) is 0 Å². The summed E-state index contributed by atoms with van der Waals surface area (Å²) in [5.74, 6) is 0. The number of rotatable bonds is 2. The first-order valence-electron chi connectivity index (χ1n) is 15.8. The Hall–Kier alpha value is -5.21. The monoisotopic (exact) mass is 579 g/mol. The summed E-state index contributed by atoms with van der Waals surface area (Å²) < 4.78 is 1.98. The van der Waals surface area contributed by atoms with Crippen molar-refractivity contribution in [1.29, 1.82) is 0 Å². The molecule has 0 saturated carbocycles. The minimum atomic E-state index is -0.222. The fraction of sp³-hybridized carbons (Fsp3) is 0.140. The van der Waals surface area contributed by atoms with Crippen molar-refractivity contribution in [2.45, 2.75) is 38.5 Å². The molecule has 0 bridgehead atoms. The third-order valence-corrected chi connectivity index (χ3v) is 10.6. The summed E-state index contributed by atoms with van der Waals surface area (Å²) in [4.78, 5) is 14.8. The summed E-state index contributed by atoms with van der Waals surface area (Å²) in [7, 11) is 0. The van der Waals surface area contributed by atoms with Gasteiger partial charge in [-0.2, -0.15) is 0 Å². The standard InChI is InChI=1S/C43H33NO/c1-42(2)35-16-10-8-14-29(35)31-21-19-28(25-37(31)42)44-38-23-22-33-30-15-9-11-17-36(30)43(3,4)40(33)39(38)32-20-18-27(24-34(32)41(44)45)26-12-6-5-7-13-26/h5-25H,1-4H3. The maximum Gasteiger partial charge on any atom is 0.263 e. The molecule has 2 aliphatic rings. The molecular weight excluding hydrogens is 546 g/mol. The zero-order valence-corrected chi connectivity index (χ0v) is 26.0. The molecule has 0 saturated heterocycles. The Labute approximate surface area is 263 Å². The maximum atomic E-state index is 14.8. The predicted molar refractivity (Wildman–Crippen MR) is 188 cm³/mol. The van der Waals surface area contributed by atoms with E-state index in [0.717, 1.165) is 38.5 Å². The highest BCUT2D eigenvalue weighted by Gasteiger charge is 2.38. The van der Waals surface area contributed by atoms with Crippen LogP contribution in [0, 0.1) is 0 Å². The minimum absolute atomic E-state index is 0.0109. The lowest BCUT2D eigenvalue weighted by Gasteiger charge is -2.26. The van der Waals surface area contributed by atoms with E-state index in [4.69, 9.17) is 0 Å². The lowest BCUT2D eigenvalue weighted by Crippen LogP contribution is -2.22. The van der Waals surface area contributed by atoms with E-state index in [1.54, 1.807) is 0 Å². The predicted octanol–water partition coefficient (Wildman–Crippen LogP) is 10.4. The molecule has 2 aliphatic carbocycles. The van der Waals surface area contributed by atoms with E-state index in [0.29, 0.717) is 0 Å². The number of pyridine rings is 1. The van der Waals surface area contributed by atoms with Gasteiger partial charge in [0.2, 0.25) is 0 Å². The van der Waals surface area contributed by atoms with Crippen LogP contribution in [0.15, 0.2) is 132 Å². The van der Waals surface area contributed by atoms with Gasteiger partial charge in [0.1, 0.15) is 0 Å². The van der Waals surface area contributed by atoms with Crippen LogP contribution in [-0.4, -0.2) is 4.57 Å². The van der Waals surface area contributed by atoms with Crippen LogP contribution in [0.3, 0.4) is 0 Å². The van der Waals surface area contributed by atoms with Gasteiger partial charge >= 0.3 is 0 Å². The molecule has 0 atom stereocenters. The normalized spacial score (nSPS) is 15.1. The number of hydrogen-bond acceptors (Lipinski definition) is 1. The van der Waals surface area contributed by atoms with E-state index < -0.39 is 0 Å². The van der Waals surface area contributed by atoms with Crippen molar-refractivity contribution in [1.82, 2.24) is 4.57 Å². The first-order valence-corrected chi connectivity index (χ1v) is 15.8. The second-order valence-corrected chi connectivity index (χ2v) is 13.7. The van der Waals surface area contributed by atoms with Crippen molar-refractivity contribution >= 4 is 21.7 Å². The van der Waals surface area contributed by atoms with Crippen molar-refractivity contribution in [2.75, 3.05) is 0 Å². The number of benzene rings is 6. The molecule has 45 heavy (non-hydrogen) atoms. The summed E-state index contributed by atoms with van der Waals surface area (Å²) in [6.07, 6.45) is 0. The summed E-state index contributed by atoms with van der Waals surface area (Å²) in [6.45, 7) is 9.24. The summed E-state index contributed by atoms with van der Waals surface area (Å²) in [6, 6.07) is 45.3. The third kappa shape index (κ3) is 3.43. The molecule has 1 aromatic heterocycles. The van der Waals surface area contributed by atoms with E-state index in [-0.39, 0.29) is 16.4 Å². The van der Waals surface area contributed by atoms with Crippen LogP contribution in [0.2, 0.25) is 0 Å². The molecule has 6 aromatic carbocycles. The van der Waals surface area contributed by atoms with E-state index >= 15 is 0 Å². The van der Waals surface area contributed by atoms with Crippen molar-refractivity contribution in [3.8, 4) is 39.1 Å². The molecule has 0 N–H and O–H groups in total. The molecular formula is C43H33NO. The number of fused-ring (bicyclic) bond motifs is 10. The number of aromatic nitrogens is 1. The van der Waals surface area contributed by atoms with Crippen LogP contribution in [0.4, 0.5) is 0 Å². The SMILES string of the molecule is CC1(C)c2ccccc2-c2ccc(-n3c(=O)c4cc(-c5ccccc5)ccc4c4c5c(ccc43)-c3ccccc3C5(C)C)cc21. The van der Waals surface area contributed by atoms with Crippen molar-refractivity contribution < 1.29 is 0 Å². The smallest absolute Gasteiger partial charge is 0.263 e. The molecule has 0 aliphatic heterocycles. The Morgan fingerprint density at radius 3 is 1.87 bits per heavy atom. The average molecular weight is 580 g/mol. The highest BCUT2D eigenvalue weighted by molar-refractivity contribution is 6.12.